The molecule has 0 aliphatic carbocycles. The van der Waals surface area contributed by atoms with E-state index in [1.54, 1.807) is 29.6 Å². The van der Waals surface area contributed by atoms with E-state index in [1.807, 2.05) is 44.2 Å². The summed E-state index contributed by atoms with van der Waals surface area (Å²) in [4.78, 5) is 16.7. The highest BCUT2D eigenvalue weighted by Crippen LogP contribution is 2.21. The Hall–Kier alpha value is -2.71. The van der Waals surface area contributed by atoms with Gasteiger partial charge in [0.1, 0.15) is 0 Å². The van der Waals surface area contributed by atoms with Crippen molar-refractivity contribution in [3.8, 4) is 0 Å². The molecule has 1 heterocycles. The Morgan fingerprint density at radius 2 is 1.79 bits per heavy atom. The van der Waals surface area contributed by atoms with Crippen LogP contribution in [0.15, 0.2) is 64.9 Å². The number of hydrogen-bond donors (Lipinski definition) is 2. The summed E-state index contributed by atoms with van der Waals surface area (Å²) in [6, 6.07) is 16.1. The van der Waals surface area contributed by atoms with Gasteiger partial charge in [-0.05, 0) is 31.5 Å². The number of sulfonamides is 1. The van der Waals surface area contributed by atoms with Crippen LogP contribution in [0.2, 0.25) is 0 Å². The molecule has 0 aliphatic rings. The predicted octanol–water partition coefficient (Wildman–Crippen LogP) is 3.67. The van der Waals surface area contributed by atoms with Crippen LogP contribution in [0.5, 0.6) is 0 Å². The summed E-state index contributed by atoms with van der Waals surface area (Å²) >= 11 is 1.15. The highest BCUT2D eigenvalue weighted by molar-refractivity contribution is 7.93. The van der Waals surface area contributed by atoms with Gasteiger partial charge in [0.2, 0.25) is 5.91 Å². The number of benzene rings is 2. The van der Waals surface area contributed by atoms with E-state index in [0.29, 0.717) is 5.69 Å². The van der Waals surface area contributed by atoms with Gasteiger partial charge in [-0.3, -0.25) is 9.52 Å². The summed E-state index contributed by atoms with van der Waals surface area (Å²) < 4.78 is 27.3. The summed E-state index contributed by atoms with van der Waals surface area (Å²) in [6.07, 6.45) is 0.0833. The highest BCUT2D eigenvalue weighted by Gasteiger charge is 2.17. The summed E-state index contributed by atoms with van der Waals surface area (Å²) in [6.45, 7) is 3.80. The van der Waals surface area contributed by atoms with E-state index in [1.165, 1.54) is 0 Å². The molecule has 8 heteroatoms. The fourth-order valence-corrected chi connectivity index (χ4v) is 4.57. The van der Waals surface area contributed by atoms with Crippen molar-refractivity contribution < 1.29 is 13.2 Å². The minimum atomic E-state index is -3.70. The SMILES string of the molecule is Cc1ccc(S(=O)(=O)Nc2nc(CC(=O)N[C@@H](C)c3ccccc3)cs2)cc1. The second-order valence-electron chi connectivity index (χ2n) is 6.44. The van der Waals surface area contributed by atoms with Gasteiger partial charge >= 0.3 is 0 Å². The molecule has 3 rings (SSSR count). The average Bonchev–Trinajstić information content (AvgIpc) is 3.08. The molecule has 0 saturated carbocycles. The lowest BCUT2D eigenvalue weighted by atomic mass is 10.1. The van der Waals surface area contributed by atoms with Crippen molar-refractivity contribution >= 4 is 32.4 Å². The van der Waals surface area contributed by atoms with Crippen molar-refractivity contribution in [2.75, 3.05) is 4.72 Å². The van der Waals surface area contributed by atoms with Crippen molar-refractivity contribution in [3.05, 3.63) is 76.8 Å². The number of nitrogens with one attached hydrogen (secondary N) is 2. The zero-order valence-corrected chi connectivity index (χ0v) is 17.2. The molecule has 3 aromatic rings. The first kappa shape index (κ1) is 20.0. The van der Waals surface area contributed by atoms with Gasteiger partial charge in [0.25, 0.3) is 10.0 Å². The van der Waals surface area contributed by atoms with Crippen molar-refractivity contribution in [1.82, 2.24) is 10.3 Å². The lowest BCUT2D eigenvalue weighted by Crippen LogP contribution is -2.28. The Bertz CT molecular complexity index is 1050. The van der Waals surface area contributed by atoms with Gasteiger partial charge in [0, 0.05) is 5.38 Å². The zero-order valence-electron chi connectivity index (χ0n) is 15.5. The average molecular weight is 416 g/mol. The van der Waals surface area contributed by atoms with Gasteiger partial charge in [-0.1, -0.05) is 48.0 Å². The molecule has 1 aromatic heterocycles. The van der Waals surface area contributed by atoms with E-state index in [4.69, 9.17) is 0 Å². The number of aryl methyl sites for hydroxylation is 1. The van der Waals surface area contributed by atoms with Gasteiger partial charge in [-0.2, -0.15) is 0 Å². The number of anilines is 1. The molecule has 146 valence electrons. The highest BCUT2D eigenvalue weighted by atomic mass is 32.2. The van der Waals surface area contributed by atoms with Crippen molar-refractivity contribution in [3.63, 3.8) is 0 Å². The minimum absolute atomic E-state index is 0.0833. The van der Waals surface area contributed by atoms with E-state index in [-0.39, 0.29) is 28.4 Å². The first-order chi connectivity index (χ1) is 13.3. The molecular weight excluding hydrogens is 394 g/mol. The van der Waals surface area contributed by atoms with Crippen LogP contribution in [0.25, 0.3) is 0 Å². The van der Waals surface area contributed by atoms with Gasteiger partial charge in [-0.25, -0.2) is 13.4 Å². The molecular formula is C20H21N3O3S2. The summed E-state index contributed by atoms with van der Waals surface area (Å²) in [7, 11) is -3.70. The molecule has 0 fully saturated rings. The quantitative estimate of drug-likeness (QED) is 0.616. The third kappa shape index (κ3) is 5.17. The smallest absolute Gasteiger partial charge is 0.263 e. The predicted molar refractivity (Wildman–Crippen MR) is 111 cm³/mol. The fraction of sp³-hybridized carbons (Fsp3) is 0.200. The number of nitrogens with zero attached hydrogens (tertiary/aromatic N) is 1. The Kier molecular flexibility index (Phi) is 6.11. The first-order valence-electron chi connectivity index (χ1n) is 8.72. The third-order valence-electron chi connectivity index (χ3n) is 4.12. The van der Waals surface area contributed by atoms with Crippen molar-refractivity contribution in [2.45, 2.75) is 31.2 Å². The Morgan fingerprint density at radius 1 is 1.11 bits per heavy atom. The topological polar surface area (TPSA) is 88.2 Å². The maximum Gasteiger partial charge on any atom is 0.263 e. The number of amides is 1. The molecule has 0 bridgehead atoms. The van der Waals surface area contributed by atoms with Gasteiger partial charge in [0.15, 0.2) is 5.13 Å². The molecule has 2 aromatic carbocycles. The van der Waals surface area contributed by atoms with E-state index >= 15 is 0 Å². The van der Waals surface area contributed by atoms with E-state index < -0.39 is 10.0 Å². The summed E-state index contributed by atoms with van der Waals surface area (Å²) in [5.74, 6) is -0.172. The molecule has 0 spiro atoms. The van der Waals surface area contributed by atoms with Crippen LogP contribution in [-0.4, -0.2) is 19.3 Å². The number of rotatable bonds is 7. The molecule has 1 atom stereocenters. The minimum Gasteiger partial charge on any atom is -0.349 e. The standard InChI is InChI=1S/C20H21N3O3S2/c1-14-8-10-18(11-9-14)28(25,26)23-20-22-17(13-27-20)12-19(24)21-15(2)16-6-4-3-5-7-16/h3-11,13,15H,12H2,1-2H3,(H,21,24)(H,22,23)/t15-/m0/s1. The number of carbonyl (C=O) groups excluding carboxylic acids is 1. The van der Waals surface area contributed by atoms with Crippen LogP contribution in [0.3, 0.4) is 0 Å². The number of thiazole rings is 1. The maximum absolute atomic E-state index is 12.4. The van der Waals surface area contributed by atoms with Crippen LogP contribution in [0, 0.1) is 6.92 Å². The number of carbonyl (C=O) groups is 1. The largest absolute Gasteiger partial charge is 0.349 e. The van der Waals surface area contributed by atoms with Crippen LogP contribution in [0.4, 0.5) is 5.13 Å². The molecule has 0 saturated heterocycles. The van der Waals surface area contributed by atoms with E-state index in [0.717, 1.165) is 22.5 Å². The first-order valence-corrected chi connectivity index (χ1v) is 11.1. The van der Waals surface area contributed by atoms with Crippen LogP contribution < -0.4 is 10.0 Å². The third-order valence-corrected chi connectivity index (χ3v) is 6.41. The second kappa shape index (κ2) is 8.53. The molecule has 2 N–H and O–H groups in total. The van der Waals surface area contributed by atoms with Gasteiger partial charge in [-0.15, -0.1) is 11.3 Å². The summed E-state index contributed by atoms with van der Waals surface area (Å²) in [5, 5.41) is 4.84. The number of hydrogen-bond acceptors (Lipinski definition) is 5. The fourth-order valence-electron chi connectivity index (χ4n) is 2.61. The lowest BCUT2D eigenvalue weighted by Gasteiger charge is -2.13. The lowest BCUT2D eigenvalue weighted by molar-refractivity contribution is -0.121. The molecule has 0 aliphatic heterocycles. The van der Waals surface area contributed by atoms with Crippen LogP contribution >= 0.6 is 11.3 Å². The maximum atomic E-state index is 12.4. The van der Waals surface area contributed by atoms with E-state index in [9.17, 15) is 13.2 Å². The molecule has 0 unspecified atom stereocenters. The zero-order chi connectivity index (χ0) is 20.1. The van der Waals surface area contributed by atoms with Gasteiger partial charge in [0.05, 0.1) is 23.1 Å². The van der Waals surface area contributed by atoms with Crippen molar-refractivity contribution in [2.24, 2.45) is 0 Å². The second-order valence-corrected chi connectivity index (χ2v) is 8.98. The monoisotopic (exact) mass is 415 g/mol. The van der Waals surface area contributed by atoms with E-state index in [2.05, 4.69) is 15.0 Å². The molecule has 28 heavy (non-hydrogen) atoms. The number of aromatic nitrogens is 1. The Morgan fingerprint density at radius 3 is 2.46 bits per heavy atom. The van der Waals surface area contributed by atoms with Crippen molar-refractivity contribution in [1.29, 1.82) is 0 Å². The van der Waals surface area contributed by atoms with Crippen LogP contribution in [-0.2, 0) is 21.2 Å². The van der Waals surface area contributed by atoms with Crippen LogP contribution in [0.1, 0.15) is 29.8 Å². The normalized spacial score (nSPS) is 12.4. The van der Waals surface area contributed by atoms with Gasteiger partial charge < -0.3 is 5.32 Å². The Labute approximate surface area is 168 Å². The molecule has 6 nitrogen and oxygen atoms in total. The Balaban J connectivity index is 1.60. The summed E-state index contributed by atoms with van der Waals surface area (Å²) in [5.41, 5.74) is 2.51. The molecule has 1 amide bonds. The molecule has 0 radical (unpaired) electrons.